The molecule has 0 saturated carbocycles. The molecule has 0 amide bonds. The average molecular weight is 291 g/mol. The second-order valence-corrected chi connectivity index (χ2v) is 5.95. The van der Waals surface area contributed by atoms with Crippen LogP contribution in [0.2, 0.25) is 0 Å². The van der Waals surface area contributed by atoms with Crippen molar-refractivity contribution in [3.05, 3.63) is 35.0 Å². The SMILES string of the molecule is Cc1[nH]nc(NS(=O)(=O)c2ccc(N)cc2C#N)c1C. The second-order valence-electron chi connectivity index (χ2n) is 4.30. The molecule has 0 unspecified atom stereocenters. The Balaban J connectivity index is 2.47. The number of nitriles is 1. The predicted molar refractivity (Wildman–Crippen MR) is 74.4 cm³/mol. The largest absolute Gasteiger partial charge is 0.399 e. The number of hydrogen-bond acceptors (Lipinski definition) is 5. The molecule has 0 fully saturated rings. The van der Waals surface area contributed by atoms with E-state index in [0.717, 1.165) is 5.69 Å². The number of H-pyrrole nitrogens is 1. The quantitative estimate of drug-likeness (QED) is 0.735. The summed E-state index contributed by atoms with van der Waals surface area (Å²) in [5, 5.41) is 15.6. The van der Waals surface area contributed by atoms with Crippen LogP contribution in [0.15, 0.2) is 23.1 Å². The maximum absolute atomic E-state index is 12.3. The number of nitrogens with zero attached hydrogens (tertiary/aromatic N) is 2. The summed E-state index contributed by atoms with van der Waals surface area (Å²) in [5.41, 5.74) is 7.32. The Labute approximate surface area is 116 Å². The molecule has 2 rings (SSSR count). The Bertz CT molecular complexity index is 802. The number of rotatable bonds is 3. The normalized spacial score (nSPS) is 11.1. The van der Waals surface area contributed by atoms with Crippen molar-refractivity contribution < 1.29 is 8.42 Å². The van der Waals surface area contributed by atoms with Crippen LogP contribution in [0.5, 0.6) is 0 Å². The Morgan fingerprint density at radius 1 is 1.40 bits per heavy atom. The van der Waals surface area contributed by atoms with Gasteiger partial charge in [-0.05, 0) is 32.0 Å². The van der Waals surface area contributed by atoms with Crippen molar-refractivity contribution in [1.29, 1.82) is 5.26 Å². The summed E-state index contributed by atoms with van der Waals surface area (Å²) < 4.78 is 27.0. The molecule has 20 heavy (non-hydrogen) atoms. The monoisotopic (exact) mass is 291 g/mol. The highest BCUT2D eigenvalue weighted by atomic mass is 32.2. The van der Waals surface area contributed by atoms with Crippen molar-refractivity contribution in [2.45, 2.75) is 18.7 Å². The number of anilines is 2. The Kier molecular flexibility index (Phi) is 3.38. The van der Waals surface area contributed by atoms with Gasteiger partial charge in [-0.25, -0.2) is 8.42 Å². The third-order valence-electron chi connectivity index (χ3n) is 2.90. The van der Waals surface area contributed by atoms with Gasteiger partial charge in [0.2, 0.25) is 0 Å². The van der Waals surface area contributed by atoms with Gasteiger partial charge in [0.25, 0.3) is 10.0 Å². The van der Waals surface area contributed by atoms with Crippen molar-refractivity contribution in [2.24, 2.45) is 0 Å². The molecule has 0 aliphatic heterocycles. The van der Waals surface area contributed by atoms with Gasteiger partial charge in [0.05, 0.1) is 5.56 Å². The first-order valence-electron chi connectivity index (χ1n) is 5.69. The molecule has 1 aromatic heterocycles. The summed E-state index contributed by atoms with van der Waals surface area (Å²) in [7, 11) is -3.89. The van der Waals surface area contributed by atoms with Crippen LogP contribution in [0.4, 0.5) is 11.5 Å². The highest BCUT2D eigenvalue weighted by Gasteiger charge is 2.21. The topological polar surface area (TPSA) is 125 Å². The number of aromatic amines is 1. The molecule has 7 nitrogen and oxygen atoms in total. The van der Waals surface area contributed by atoms with E-state index in [2.05, 4.69) is 14.9 Å². The van der Waals surface area contributed by atoms with Crippen molar-refractivity contribution >= 4 is 21.5 Å². The number of sulfonamides is 1. The van der Waals surface area contributed by atoms with Gasteiger partial charge >= 0.3 is 0 Å². The Morgan fingerprint density at radius 3 is 2.65 bits per heavy atom. The standard InChI is InChI=1S/C12H13N5O2S/c1-7-8(2)15-16-12(7)17-20(18,19)11-4-3-10(14)5-9(11)6-13/h3-5H,14H2,1-2H3,(H2,15,16,17). The van der Waals surface area contributed by atoms with Gasteiger partial charge in [-0.1, -0.05) is 0 Å². The summed E-state index contributed by atoms with van der Waals surface area (Å²) in [6, 6.07) is 5.86. The molecular formula is C12H13N5O2S. The van der Waals surface area contributed by atoms with E-state index < -0.39 is 10.0 Å². The number of nitrogens with two attached hydrogens (primary N) is 1. The zero-order valence-electron chi connectivity index (χ0n) is 10.9. The van der Waals surface area contributed by atoms with Crippen molar-refractivity contribution in [3.63, 3.8) is 0 Å². The van der Waals surface area contributed by atoms with Gasteiger partial charge < -0.3 is 5.73 Å². The van der Waals surface area contributed by atoms with Crippen molar-refractivity contribution in [2.75, 3.05) is 10.5 Å². The first-order chi connectivity index (χ1) is 9.35. The van der Waals surface area contributed by atoms with Crippen LogP contribution >= 0.6 is 0 Å². The number of benzene rings is 1. The molecule has 0 atom stereocenters. The van der Waals surface area contributed by atoms with Gasteiger partial charge in [-0.2, -0.15) is 10.4 Å². The lowest BCUT2D eigenvalue weighted by molar-refractivity contribution is 0.600. The van der Waals surface area contributed by atoms with Crippen LogP contribution in [0, 0.1) is 25.2 Å². The molecule has 1 heterocycles. The summed E-state index contributed by atoms with van der Waals surface area (Å²) >= 11 is 0. The van der Waals surface area contributed by atoms with Crippen LogP contribution in [0.1, 0.15) is 16.8 Å². The maximum Gasteiger partial charge on any atom is 0.264 e. The molecular weight excluding hydrogens is 278 g/mol. The molecule has 2 aromatic rings. The first kappa shape index (κ1) is 13.9. The van der Waals surface area contributed by atoms with Gasteiger partial charge in [-0.15, -0.1) is 0 Å². The first-order valence-corrected chi connectivity index (χ1v) is 7.17. The minimum atomic E-state index is -3.89. The number of aryl methyl sites for hydroxylation is 1. The predicted octanol–water partition coefficient (Wildman–Crippen LogP) is 1.28. The molecule has 8 heteroatoms. The van der Waals surface area contributed by atoms with Crippen LogP contribution in [0.3, 0.4) is 0 Å². The van der Waals surface area contributed by atoms with Gasteiger partial charge in [0.1, 0.15) is 11.0 Å². The summed E-state index contributed by atoms with van der Waals surface area (Å²) in [6.07, 6.45) is 0. The fraction of sp³-hybridized carbons (Fsp3) is 0.167. The van der Waals surface area contributed by atoms with Crippen LogP contribution in [-0.2, 0) is 10.0 Å². The van der Waals surface area contributed by atoms with E-state index in [1.54, 1.807) is 13.8 Å². The summed E-state index contributed by atoms with van der Waals surface area (Å²) in [6.45, 7) is 3.52. The summed E-state index contributed by atoms with van der Waals surface area (Å²) in [5.74, 6) is 0.211. The number of nitrogen functional groups attached to an aromatic ring is 1. The van der Waals surface area contributed by atoms with E-state index in [1.807, 2.05) is 6.07 Å². The van der Waals surface area contributed by atoms with Crippen molar-refractivity contribution in [3.8, 4) is 6.07 Å². The highest BCUT2D eigenvalue weighted by Crippen LogP contribution is 2.22. The van der Waals surface area contributed by atoms with Gasteiger partial charge in [0, 0.05) is 16.9 Å². The molecule has 0 aliphatic rings. The van der Waals surface area contributed by atoms with Gasteiger partial charge in [0.15, 0.2) is 5.82 Å². The Morgan fingerprint density at radius 2 is 2.10 bits per heavy atom. The maximum atomic E-state index is 12.3. The molecule has 0 radical (unpaired) electrons. The lowest BCUT2D eigenvalue weighted by Gasteiger charge is -2.08. The minimum absolute atomic E-state index is 0.0117. The van der Waals surface area contributed by atoms with Crippen LogP contribution in [0.25, 0.3) is 0 Å². The van der Waals surface area contributed by atoms with Crippen LogP contribution in [-0.4, -0.2) is 18.6 Å². The third-order valence-corrected chi connectivity index (χ3v) is 4.29. The van der Waals surface area contributed by atoms with E-state index in [9.17, 15) is 8.42 Å². The average Bonchev–Trinajstić information content (AvgIpc) is 2.69. The molecule has 4 N–H and O–H groups in total. The van der Waals surface area contributed by atoms with E-state index >= 15 is 0 Å². The van der Waals surface area contributed by atoms with E-state index in [-0.39, 0.29) is 16.3 Å². The highest BCUT2D eigenvalue weighted by molar-refractivity contribution is 7.92. The van der Waals surface area contributed by atoms with E-state index in [1.165, 1.54) is 18.2 Å². The molecule has 1 aromatic carbocycles. The van der Waals surface area contributed by atoms with E-state index in [4.69, 9.17) is 11.0 Å². The lowest BCUT2D eigenvalue weighted by Crippen LogP contribution is -2.15. The van der Waals surface area contributed by atoms with Crippen LogP contribution < -0.4 is 10.5 Å². The Hall–Kier alpha value is -2.53. The number of nitrogens with one attached hydrogen (secondary N) is 2. The third kappa shape index (κ3) is 2.44. The molecule has 0 spiro atoms. The van der Waals surface area contributed by atoms with Gasteiger partial charge in [-0.3, -0.25) is 9.82 Å². The fourth-order valence-corrected chi connectivity index (χ4v) is 2.84. The summed E-state index contributed by atoms with van der Waals surface area (Å²) in [4.78, 5) is -0.130. The molecule has 0 bridgehead atoms. The van der Waals surface area contributed by atoms with Crippen molar-refractivity contribution in [1.82, 2.24) is 10.2 Å². The number of aromatic nitrogens is 2. The number of hydrogen-bond donors (Lipinski definition) is 3. The minimum Gasteiger partial charge on any atom is -0.399 e. The fourth-order valence-electron chi connectivity index (χ4n) is 1.64. The molecule has 0 saturated heterocycles. The zero-order chi connectivity index (χ0) is 14.9. The zero-order valence-corrected chi connectivity index (χ0v) is 11.7. The van der Waals surface area contributed by atoms with E-state index in [0.29, 0.717) is 11.3 Å². The smallest absolute Gasteiger partial charge is 0.264 e. The second kappa shape index (κ2) is 4.86. The molecule has 0 aliphatic carbocycles. The molecule has 104 valence electrons. The lowest BCUT2D eigenvalue weighted by atomic mass is 10.2.